The van der Waals surface area contributed by atoms with E-state index in [2.05, 4.69) is 31.5 Å². The molecular formula is C21H37IN6O2. The first-order valence-electron chi connectivity index (χ1n) is 10.9. The zero-order valence-corrected chi connectivity index (χ0v) is 20.6. The van der Waals surface area contributed by atoms with E-state index in [1.54, 1.807) is 13.2 Å². The van der Waals surface area contributed by atoms with Gasteiger partial charge in [-0.15, -0.1) is 24.0 Å². The van der Waals surface area contributed by atoms with E-state index in [0.717, 1.165) is 70.6 Å². The number of rotatable bonds is 7. The van der Waals surface area contributed by atoms with Gasteiger partial charge < -0.3 is 20.0 Å². The third-order valence-corrected chi connectivity index (χ3v) is 5.93. The van der Waals surface area contributed by atoms with Crippen molar-refractivity contribution in [3.05, 3.63) is 24.2 Å². The molecule has 0 aromatic carbocycles. The molecule has 0 aliphatic carbocycles. The van der Waals surface area contributed by atoms with Crippen LogP contribution in [0, 0.1) is 0 Å². The van der Waals surface area contributed by atoms with E-state index in [0.29, 0.717) is 0 Å². The highest BCUT2D eigenvalue weighted by Crippen LogP contribution is 2.24. The number of amides is 1. The Hall–Kier alpha value is -1.33. The topological polar surface area (TPSA) is 76.4 Å². The Kier molecular flexibility index (Phi) is 10.9. The summed E-state index contributed by atoms with van der Waals surface area (Å²) in [6, 6.07) is 4.26. The third-order valence-electron chi connectivity index (χ3n) is 5.93. The second-order valence-electron chi connectivity index (χ2n) is 7.86. The highest BCUT2D eigenvalue weighted by atomic mass is 127. The molecule has 0 bridgehead atoms. The first-order valence-corrected chi connectivity index (χ1v) is 10.9. The van der Waals surface area contributed by atoms with Crippen molar-refractivity contribution < 1.29 is 9.21 Å². The molecule has 2 saturated heterocycles. The summed E-state index contributed by atoms with van der Waals surface area (Å²) in [6.07, 6.45) is 5.58. The predicted octanol–water partition coefficient (Wildman–Crippen LogP) is 1.75. The molecule has 1 aromatic rings. The molecule has 2 aliphatic heterocycles. The highest BCUT2D eigenvalue weighted by Gasteiger charge is 2.24. The van der Waals surface area contributed by atoms with Gasteiger partial charge in [-0.2, -0.15) is 0 Å². The Balaban J connectivity index is 0.00000320. The Morgan fingerprint density at radius 1 is 1.13 bits per heavy atom. The van der Waals surface area contributed by atoms with Crippen LogP contribution in [0.4, 0.5) is 0 Å². The van der Waals surface area contributed by atoms with Gasteiger partial charge in [-0.05, 0) is 38.1 Å². The fourth-order valence-electron chi connectivity index (χ4n) is 4.15. The van der Waals surface area contributed by atoms with E-state index >= 15 is 0 Å². The number of piperidine rings is 1. The smallest absolute Gasteiger partial charge is 0.219 e. The minimum absolute atomic E-state index is 0. The van der Waals surface area contributed by atoms with Crippen LogP contribution in [0.15, 0.2) is 27.8 Å². The van der Waals surface area contributed by atoms with Crippen molar-refractivity contribution in [1.82, 2.24) is 25.3 Å². The van der Waals surface area contributed by atoms with E-state index in [1.165, 1.54) is 19.3 Å². The molecule has 1 atom stereocenters. The monoisotopic (exact) mass is 532 g/mol. The molecule has 30 heavy (non-hydrogen) atoms. The van der Waals surface area contributed by atoms with Crippen LogP contribution in [0.1, 0.15) is 38.0 Å². The lowest BCUT2D eigenvalue weighted by Gasteiger charge is -2.34. The van der Waals surface area contributed by atoms with Gasteiger partial charge in [-0.1, -0.05) is 6.42 Å². The Morgan fingerprint density at radius 2 is 1.87 bits per heavy atom. The van der Waals surface area contributed by atoms with Gasteiger partial charge >= 0.3 is 0 Å². The fraction of sp³-hybridized carbons (Fsp3) is 0.714. The molecule has 3 heterocycles. The van der Waals surface area contributed by atoms with E-state index in [9.17, 15) is 4.79 Å². The number of carbonyl (C=O) groups excluding carboxylic acids is 1. The zero-order chi connectivity index (χ0) is 20.5. The summed E-state index contributed by atoms with van der Waals surface area (Å²) in [5.41, 5.74) is 0. The number of halogens is 1. The maximum absolute atomic E-state index is 11.4. The second kappa shape index (κ2) is 13.2. The van der Waals surface area contributed by atoms with Crippen LogP contribution in [0.25, 0.3) is 0 Å². The summed E-state index contributed by atoms with van der Waals surface area (Å²) in [4.78, 5) is 22.6. The predicted molar refractivity (Wildman–Crippen MR) is 130 cm³/mol. The number of aliphatic imine (C=N–C) groups is 1. The molecule has 1 unspecified atom stereocenters. The van der Waals surface area contributed by atoms with Crippen molar-refractivity contribution in [1.29, 1.82) is 0 Å². The number of furan rings is 1. The molecule has 1 amide bonds. The Bertz CT molecular complexity index is 640. The molecule has 0 radical (unpaired) electrons. The number of hydrogen-bond donors (Lipinski definition) is 2. The minimum Gasteiger partial charge on any atom is -0.468 e. The number of likely N-dealkylation sites (tertiary alicyclic amines) is 1. The third kappa shape index (κ3) is 7.42. The number of nitrogens with zero attached hydrogens (tertiary/aromatic N) is 4. The first-order chi connectivity index (χ1) is 14.2. The summed E-state index contributed by atoms with van der Waals surface area (Å²) >= 11 is 0. The van der Waals surface area contributed by atoms with Crippen LogP contribution >= 0.6 is 24.0 Å². The normalized spacial score (nSPS) is 19.8. The average Bonchev–Trinajstić information content (AvgIpc) is 3.28. The molecule has 2 N–H and O–H groups in total. The molecule has 170 valence electrons. The van der Waals surface area contributed by atoms with Crippen molar-refractivity contribution in [3.63, 3.8) is 0 Å². The number of carbonyl (C=O) groups is 1. The number of piperazine rings is 1. The molecular weight excluding hydrogens is 495 g/mol. The van der Waals surface area contributed by atoms with E-state index in [1.807, 2.05) is 18.0 Å². The van der Waals surface area contributed by atoms with Gasteiger partial charge in [-0.25, -0.2) is 0 Å². The summed E-state index contributed by atoms with van der Waals surface area (Å²) in [6.45, 7) is 9.93. The Morgan fingerprint density at radius 3 is 2.47 bits per heavy atom. The molecule has 0 saturated carbocycles. The average molecular weight is 532 g/mol. The molecule has 1 aromatic heterocycles. The molecule has 9 heteroatoms. The number of nitrogens with one attached hydrogen (secondary N) is 2. The van der Waals surface area contributed by atoms with Gasteiger partial charge in [-0.3, -0.25) is 19.6 Å². The van der Waals surface area contributed by atoms with Crippen LogP contribution in [0.2, 0.25) is 0 Å². The maximum atomic E-state index is 11.4. The van der Waals surface area contributed by atoms with Crippen molar-refractivity contribution in [2.24, 2.45) is 4.99 Å². The van der Waals surface area contributed by atoms with E-state index in [-0.39, 0.29) is 35.9 Å². The lowest BCUT2D eigenvalue weighted by Crippen LogP contribution is -2.50. The van der Waals surface area contributed by atoms with Crippen LogP contribution in [0.5, 0.6) is 0 Å². The summed E-state index contributed by atoms with van der Waals surface area (Å²) in [5, 5.41) is 6.90. The van der Waals surface area contributed by atoms with Crippen LogP contribution < -0.4 is 10.6 Å². The zero-order valence-electron chi connectivity index (χ0n) is 18.3. The van der Waals surface area contributed by atoms with Crippen molar-refractivity contribution in [3.8, 4) is 0 Å². The van der Waals surface area contributed by atoms with Gasteiger partial charge in [0.25, 0.3) is 0 Å². The standard InChI is InChI=1S/C21H36N6O2.HI/c1-18(28)26-14-12-25(13-15-26)11-8-23-21(22-2)24-17-19(20-7-6-16-29-20)27-9-4-3-5-10-27;/h6-7,16,19H,3-5,8-15,17H2,1-2H3,(H2,22,23,24);1H. The molecule has 3 rings (SSSR count). The fourth-order valence-corrected chi connectivity index (χ4v) is 4.15. The molecule has 2 aliphatic rings. The molecule has 2 fully saturated rings. The number of hydrogen-bond acceptors (Lipinski definition) is 5. The quantitative estimate of drug-likeness (QED) is 0.317. The van der Waals surface area contributed by atoms with Crippen LogP contribution in [-0.2, 0) is 4.79 Å². The minimum atomic E-state index is 0. The second-order valence-corrected chi connectivity index (χ2v) is 7.86. The van der Waals surface area contributed by atoms with Gasteiger partial charge in [0.2, 0.25) is 5.91 Å². The van der Waals surface area contributed by atoms with E-state index in [4.69, 9.17) is 4.42 Å². The van der Waals surface area contributed by atoms with Crippen molar-refractivity contribution in [2.45, 2.75) is 32.2 Å². The summed E-state index contributed by atoms with van der Waals surface area (Å²) in [5.74, 6) is 2.01. The van der Waals surface area contributed by atoms with Gasteiger partial charge in [0.15, 0.2) is 5.96 Å². The van der Waals surface area contributed by atoms with Crippen LogP contribution in [-0.4, -0.2) is 92.5 Å². The lowest BCUT2D eigenvalue weighted by atomic mass is 10.1. The van der Waals surface area contributed by atoms with Crippen LogP contribution in [0.3, 0.4) is 0 Å². The van der Waals surface area contributed by atoms with Crippen molar-refractivity contribution >= 4 is 35.8 Å². The highest BCUT2D eigenvalue weighted by molar-refractivity contribution is 14.0. The van der Waals surface area contributed by atoms with Gasteiger partial charge in [0.1, 0.15) is 5.76 Å². The van der Waals surface area contributed by atoms with E-state index < -0.39 is 0 Å². The van der Waals surface area contributed by atoms with Gasteiger partial charge in [0.05, 0.1) is 12.3 Å². The lowest BCUT2D eigenvalue weighted by molar-refractivity contribution is -0.130. The first kappa shape index (κ1) is 24.9. The summed E-state index contributed by atoms with van der Waals surface area (Å²) in [7, 11) is 1.81. The number of guanidine groups is 1. The maximum Gasteiger partial charge on any atom is 0.219 e. The SMILES string of the molecule is CN=C(NCCN1CCN(C(C)=O)CC1)NCC(c1ccco1)N1CCCCC1.I. The van der Waals surface area contributed by atoms with Crippen molar-refractivity contribution in [2.75, 3.05) is 66.0 Å². The summed E-state index contributed by atoms with van der Waals surface area (Å²) < 4.78 is 5.72. The molecule has 8 nitrogen and oxygen atoms in total. The largest absolute Gasteiger partial charge is 0.468 e. The molecule has 0 spiro atoms. The van der Waals surface area contributed by atoms with Gasteiger partial charge in [0, 0.05) is 59.8 Å². The Labute approximate surface area is 197 Å².